The monoisotopic (exact) mass is 290 g/mol. The number of nitrogens with zero attached hydrogens (tertiary/aromatic N) is 3. The molecule has 0 bridgehead atoms. The van der Waals surface area contributed by atoms with Gasteiger partial charge in [0.05, 0.1) is 11.4 Å². The van der Waals surface area contributed by atoms with Crippen LogP contribution in [0.25, 0.3) is 0 Å². The number of nitrogens with one attached hydrogen (secondary N) is 1. The van der Waals surface area contributed by atoms with E-state index in [4.69, 9.17) is 0 Å². The van der Waals surface area contributed by atoms with Crippen LogP contribution in [0.5, 0.6) is 0 Å². The summed E-state index contributed by atoms with van der Waals surface area (Å²) in [4.78, 5) is 2.66. The first-order valence-electron chi connectivity index (χ1n) is 8.37. The average molecular weight is 290 g/mol. The lowest BCUT2D eigenvalue weighted by Gasteiger charge is -2.51. The molecule has 2 heterocycles. The maximum Gasteiger partial charge on any atom is 0.0597 e. The molecule has 3 rings (SSSR count). The van der Waals surface area contributed by atoms with E-state index in [0.717, 1.165) is 37.8 Å². The minimum absolute atomic E-state index is 0.200. The van der Waals surface area contributed by atoms with Gasteiger partial charge in [0.1, 0.15) is 0 Å². The second-order valence-electron chi connectivity index (χ2n) is 7.81. The van der Waals surface area contributed by atoms with Crippen LogP contribution >= 0.6 is 0 Å². The Morgan fingerprint density at radius 1 is 1.33 bits per heavy atom. The largest absolute Gasteiger partial charge is 0.308 e. The molecule has 1 unspecified atom stereocenters. The van der Waals surface area contributed by atoms with E-state index in [1.807, 2.05) is 0 Å². The average Bonchev–Trinajstić information content (AvgIpc) is 3.20. The summed E-state index contributed by atoms with van der Waals surface area (Å²) < 4.78 is 2.15. The van der Waals surface area contributed by atoms with Crippen molar-refractivity contribution in [3.8, 4) is 0 Å². The minimum atomic E-state index is 0.200. The van der Waals surface area contributed by atoms with E-state index in [1.165, 1.54) is 18.5 Å². The maximum absolute atomic E-state index is 4.60. The van der Waals surface area contributed by atoms with Gasteiger partial charge in [-0.15, -0.1) is 0 Å². The Morgan fingerprint density at radius 3 is 2.67 bits per heavy atom. The van der Waals surface area contributed by atoms with Gasteiger partial charge in [0.2, 0.25) is 0 Å². The number of aryl methyl sites for hydroxylation is 2. The first-order valence-corrected chi connectivity index (χ1v) is 8.37. The molecule has 0 aromatic carbocycles. The highest BCUT2D eigenvalue weighted by Gasteiger charge is 2.48. The minimum Gasteiger partial charge on any atom is -0.308 e. The molecule has 1 aliphatic heterocycles. The number of rotatable bonds is 4. The Morgan fingerprint density at radius 2 is 2.05 bits per heavy atom. The van der Waals surface area contributed by atoms with Gasteiger partial charge in [0.15, 0.2) is 0 Å². The molecule has 4 heteroatoms. The molecule has 0 amide bonds. The first-order chi connectivity index (χ1) is 9.84. The molecule has 1 N–H and O–H groups in total. The predicted octanol–water partition coefficient (Wildman–Crippen LogP) is 2.56. The van der Waals surface area contributed by atoms with Crippen LogP contribution in [0, 0.1) is 12.8 Å². The number of piperazine rings is 1. The van der Waals surface area contributed by atoms with Crippen molar-refractivity contribution in [3.05, 3.63) is 17.5 Å². The summed E-state index contributed by atoms with van der Waals surface area (Å²) in [6.07, 6.45) is 2.79. The summed E-state index contributed by atoms with van der Waals surface area (Å²) in [6, 6.07) is 2.25. The molecule has 1 aromatic heterocycles. The van der Waals surface area contributed by atoms with Crippen LogP contribution in [0.4, 0.5) is 0 Å². The van der Waals surface area contributed by atoms with Gasteiger partial charge in [0.25, 0.3) is 0 Å². The highest BCUT2D eigenvalue weighted by atomic mass is 15.3. The molecule has 1 saturated carbocycles. The van der Waals surface area contributed by atoms with Crippen LogP contribution < -0.4 is 5.32 Å². The van der Waals surface area contributed by atoms with Gasteiger partial charge in [-0.1, -0.05) is 0 Å². The molecule has 4 nitrogen and oxygen atoms in total. The quantitative estimate of drug-likeness (QED) is 0.925. The normalized spacial score (nSPS) is 29.8. The molecular weight excluding hydrogens is 260 g/mol. The van der Waals surface area contributed by atoms with Gasteiger partial charge in [-0.3, -0.25) is 9.58 Å². The lowest BCUT2D eigenvalue weighted by Crippen LogP contribution is -2.67. The highest BCUT2D eigenvalue weighted by Crippen LogP contribution is 2.42. The third-order valence-corrected chi connectivity index (χ3v) is 5.42. The summed E-state index contributed by atoms with van der Waals surface area (Å²) in [5, 5.41) is 8.43. The Labute approximate surface area is 128 Å². The Bertz CT molecular complexity index is 515. The van der Waals surface area contributed by atoms with E-state index in [2.05, 4.69) is 60.7 Å². The van der Waals surface area contributed by atoms with Crippen LogP contribution in [0.15, 0.2) is 6.07 Å². The predicted molar refractivity (Wildman–Crippen MR) is 86.3 cm³/mol. The fraction of sp³-hybridized carbons (Fsp3) is 0.824. The van der Waals surface area contributed by atoms with E-state index in [-0.39, 0.29) is 5.54 Å². The zero-order chi connectivity index (χ0) is 15.3. The van der Waals surface area contributed by atoms with Crippen molar-refractivity contribution in [2.24, 2.45) is 5.92 Å². The summed E-state index contributed by atoms with van der Waals surface area (Å²) in [7, 11) is 0. The molecular formula is C17H30N4. The van der Waals surface area contributed by atoms with Gasteiger partial charge in [-0.2, -0.15) is 5.10 Å². The van der Waals surface area contributed by atoms with Crippen LogP contribution in [-0.4, -0.2) is 38.8 Å². The molecule has 0 spiro atoms. The van der Waals surface area contributed by atoms with Crippen LogP contribution in [0.3, 0.4) is 0 Å². The molecule has 1 aliphatic carbocycles. The molecule has 2 aliphatic rings. The van der Waals surface area contributed by atoms with Gasteiger partial charge in [-0.25, -0.2) is 0 Å². The third-order valence-electron chi connectivity index (χ3n) is 5.42. The highest BCUT2D eigenvalue weighted by molar-refractivity contribution is 5.12. The first kappa shape index (κ1) is 15.0. The summed E-state index contributed by atoms with van der Waals surface area (Å²) >= 11 is 0. The van der Waals surface area contributed by atoms with Crippen molar-refractivity contribution in [1.82, 2.24) is 20.0 Å². The smallest absolute Gasteiger partial charge is 0.0597 e. The van der Waals surface area contributed by atoms with Gasteiger partial charge < -0.3 is 5.32 Å². The van der Waals surface area contributed by atoms with Gasteiger partial charge >= 0.3 is 0 Å². The SMILES string of the molecule is CCn1nc(C)cc1CN1CC(C)(C2CC2)NCC1(C)C. The second kappa shape index (κ2) is 5.10. The summed E-state index contributed by atoms with van der Waals surface area (Å²) in [6.45, 7) is 15.5. The Balaban J connectivity index is 1.80. The molecule has 21 heavy (non-hydrogen) atoms. The van der Waals surface area contributed by atoms with Crippen LogP contribution in [-0.2, 0) is 13.1 Å². The third kappa shape index (κ3) is 2.88. The molecule has 1 aromatic rings. The number of hydrogen-bond donors (Lipinski definition) is 1. The van der Waals surface area contributed by atoms with Crippen molar-refractivity contribution in [3.63, 3.8) is 0 Å². The molecule has 1 saturated heterocycles. The van der Waals surface area contributed by atoms with E-state index in [0.29, 0.717) is 5.54 Å². The summed E-state index contributed by atoms with van der Waals surface area (Å²) in [5.74, 6) is 0.869. The van der Waals surface area contributed by atoms with Gasteiger partial charge in [0, 0.05) is 37.3 Å². The number of hydrogen-bond acceptors (Lipinski definition) is 3. The fourth-order valence-corrected chi connectivity index (χ4v) is 3.66. The topological polar surface area (TPSA) is 33.1 Å². The number of aromatic nitrogens is 2. The standard InChI is InChI=1S/C17H30N4/c1-6-21-15(9-13(2)19-21)10-20-12-17(5,14-7-8-14)18-11-16(20,3)4/h9,14,18H,6-8,10-12H2,1-5H3. The van der Waals surface area contributed by atoms with Crippen molar-refractivity contribution >= 4 is 0 Å². The zero-order valence-corrected chi connectivity index (χ0v) is 14.2. The lowest BCUT2D eigenvalue weighted by atomic mass is 9.86. The lowest BCUT2D eigenvalue weighted by molar-refractivity contribution is 0.0160. The van der Waals surface area contributed by atoms with E-state index >= 15 is 0 Å². The van der Waals surface area contributed by atoms with Crippen molar-refractivity contribution in [2.75, 3.05) is 13.1 Å². The zero-order valence-electron chi connectivity index (χ0n) is 14.2. The van der Waals surface area contributed by atoms with E-state index in [1.54, 1.807) is 0 Å². The second-order valence-corrected chi connectivity index (χ2v) is 7.81. The fourth-order valence-electron chi connectivity index (χ4n) is 3.66. The van der Waals surface area contributed by atoms with Gasteiger partial charge in [-0.05, 0) is 59.4 Å². The molecule has 118 valence electrons. The Kier molecular flexibility index (Phi) is 3.65. The van der Waals surface area contributed by atoms with Crippen LogP contribution in [0.1, 0.15) is 51.9 Å². The van der Waals surface area contributed by atoms with Crippen molar-refractivity contribution in [1.29, 1.82) is 0 Å². The van der Waals surface area contributed by atoms with E-state index < -0.39 is 0 Å². The van der Waals surface area contributed by atoms with E-state index in [9.17, 15) is 0 Å². The van der Waals surface area contributed by atoms with Crippen molar-refractivity contribution in [2.45, 2.75) is 71.6 Å². The van der Waals surface area contributed by atoms with Crippen molar-refractivity contribution < 1.29 is 0 Å². The maximum atomic E-state index is 4.60. The molecule has 0 radical (unpaired) electrons. The molecule has 1 atom stereocenters. The summed E-state index contributed by atoms with van der Waals surface area (Å²) in [5.41, 5.74) is 2.97. The Hall–Kier alpha value is -0.870. The molecule has 2 fully saturated rings. The van der Waals surface area contributed by atoms with Crippen LogP contribution in [0.2, 0.25) is 0 Å².